The van der Waals surface area contributed by atoms with Crippen LogP contribution in [-0.2, 0) is 0 Å². The van der Waals surface area contributed by atoms with Crippen LogP contribution in [0.2, 0.25) is 0 Å². The summed E-state index contributed by atoms with van der Waals surface area (Å²) in [7, 11) is 1.90. The molecule has 0 atom stereocenters. The topological polar surface area (TPSA) is 23.6 Å². The molecule has 1 aliphatic heterocycles. The predicted molar refractivity (Wildman–Crippen MR) is 64.3 cm³/mol. The molecular formula is C11H19BrN2O. The summed E-state index contributed by atoms with van der Waals surface area (Å²) in [6.07, 6.45) is 4.97. The molecule has 0 aromatic heterocycles. The summed E-state index contributed by atoms with van der Waals surface area (Å²) in [5.74, 6) is 0. The van der Waals surface area contributed by atoms with Crippen LogP contribution in [0.1, 0.15) is 25.7 Å². The first-order valence-electron chi connectivity index (χ1n) is 5.73. The lowest BCUT2D eigenvalue weighted by Crippen LogP contribution is -2.53. The molecule has 2 rings (SSSR count). The Bertz CT molecular complexity index is 247. The van der Waals surface area contributed by atoms with Gasteiger partial charge in [-0.15, -0.1) is 0 Å². The van der Waals surface area contributed by atoms with Crippen molar-refractivity contribution in [2.45, 2.75) is 25.7 Å². The maximum absolute atomic E-state index is 11.9. The van der Waals surface area contributed by atoms with Crippen LogP contribution in [0.15, 0.2) is 0 Å². The molecule has 0 unspecified atom stereocenters. The van der Waals surface area contributed by atoms with Crippen LogP contribution in [0.3, 0.4) is 0 Å². The highest BCUT2D eigenvalue weighted by atomic mass is 79.9. The molecule has 1 saturated carbocycles. The number of halogens is 1. The maximum Gasteiger partial charge on any atom is 0.319 e. The number of amides is 2. The lowest BCUT2D eigenvalue weighted by molar-refractivity contribution is 0.0767. The van der Waals surface area contributed by atoms with E-state index in [1.807, 2.05) is 16.8 Å². The van der Waals surface area contributed by atoms with Crippen LogP contribution in [0.25, 0.3) is 0 Å². The summed E-state index contributed by atoms with van der Waals surface area (Å²) < 4.78 is 0. The van der Waals surface area contributed by atoms with E-state index in [0.717, 1.165) is 31.4 Å². The fourth-order valence-electron chi connectivity index (χ4n) is 2.49. The minimum Gasteiger partial charge on any atom is -0.328 e. The lowest BCUT2D eigenvalue weighted by Gasteiger charge is -2.46. The fourth-order valence-corrected chi connectivity index (χ4v) is 3.23. The molecule has 0 bridgehead atoms. The van der Waals surface area contributed by atoms with Gasteiger partial charge in [0.2, 0.25) is 0 Å². The minimum absolute atomic E-state index is 0.216. The minimum atomic E-state index is 0.216. The van der Waals surface area contributed by atoms with Gasteiger partial charge in [-0.1, -0.05) is 22.4 Å². The Balaban J connectivity index is 1.95. The first-order chi connectivity index (χ1) is 7.17. The molecule has 0 aromatic rings. The van der Waals surface area contributed by atoms with E-state index in [1.54, 1.807) is 0 Å². The number of carbonyl (C=O) groups excluding carboxylic acids is 1. The van der Waals surface area contributed by atoms with Crippen molar-refractivity contribution >= 4 is 22.0 Å². The van der Waals surface area contributed by atoms with Gasteiger partial charge in [0.15, 0.2) is 0 Å². The van der Waals surface area contributed by atoms with E-state index < -0.39 is 0 Å². The van der Waals surface area contributed by atoms with Gasteiger partial charge >= 0.3 is 6.03 Å². The van der Waals surface area contributed by atoms with Gasteiger partial charge in [-0.05, 0) is 24.7 Å². The first kappa shape index (κ1) is 11.2. The van der Waals surface area contributed by atoms with Gasteiger partial charge in [-0.25, -0.2) is 4.79 Å². The van der Waals surface area contributed by atoms with Crippen molar-refractivity contribution in [3.05, 3.63) is 0 Å². The van der Waals surface area contributed by atoms with Crippen LogP contribution in [0.4, 0.5) is 4.79 Å². The van der Waals surface area contributed by atoms with Crippen LogP contribution in [-0.4, -0.2) is 47.8 Å². The molecule has 86 valence electrons. The van der Waals surface area contributed by atoms with Gasteiger partial charge in [0.1, 0.15) is 0 Å². The Morgan fingerprint density at radius 3 is 2.60 bits per heavy atom. The van der Waals surface area contributed by atoms with E-state index in [9.17, 15) is 4.79 Å². The quantitative estimate of drug-likeness (QED) is 0.725. The highest BCUT2D eigenvalue weighted by Crippen LogP contribution is 2.43. The average molecular weight is 275 g/mol. The third-order valence-electron chi connectivity index (χ3n) is 3.74. The van der Waals surface area contributed by atoms with Crippen LogP contribution < -0.4 is 0 Å². The van der Waals surface area contributed by atoms with Crippen LogP contribution in [0.5, 0.6) is 0 Å². The second-order valence-electron chi connectivity index (χ2n) is 4.97. The Morgan fingerprint density at radius 2 is 2.07 bits per heavy atom. The third kappa shape index (κ3) is 2.14. The number of hydrogen-bond acceptors (Lipinski definition) is 1. The van der Waals surface area contributed by atoms with Crippen molar-refractivity contribution in [3.8, 4) is 0 Å². The molecule has 1 heterocycles. The Kier molecular flexibility index (Phi) is 3.24. The molecule has 0 spiro atoms. The fraction of sp³-hybridized carbons (Fsp3) is 0.909. The van der Waals surface area contributed by atoms with Crippen molar-refractivity contribution in [1.29, 1.82) is 0 Å². The van der Waals surface area contributed by atoms with Crippen molar-refractivity contribution < 1.29 is 4.79 Å². The average Bonchev–Trinajstić information content (AvgIpc) is 2.18. The number of urea groups is 1. The third-order valence-corrected chi connectivity index (χ3v) is 4.93. The van der Waals surface area contributed by atoms with E-state index in [2.05, 4.69) is 15.9 Å². The molecule has 0 radical (unpaired) electrons. The van der Waals surface area contributed by atoms with Gasteiger partial charge in [-0.3, -0.25) is 0 Å². The molecule has 0 N–H and O–H groups in total. The monoisotopic (exact) mass is 274 g/mol. The smallest absolute Gasteiger partial charge is 0.319 e. The first-order valence-corrected chi connectivity index (χ1v) is 6.85. The van der Waals surface area contributed by atoms with Gasteiger partial charge in [0, 0.05) is 32.0 Å². The molecule has 2 fully saturated rings. The lowest BCUT2D eigenvalue weighted by atomic mass is 9.70. The SMILES string of the molecule is CN1CCCN(CC2(CBr)CCC2)C1=O. The number of rotatable bonds is 3. The van der Waals surface area contributed by atoms with E-state index in [4.69, 9.17) is 0 Å². The zero-order valence-corrected chi connectivity index (χ0v) is 10.9. The molecule has 0 aromatic carbocycles. The Hall–Kier alpha value is -0.250. The maximum atomic E-state index is 11.9. The molecule has 2 amide bonds. The summed E-state index contributed by atoms with van der Waals surface area (Å²) in [6, 6.07) is 0.216. The summed E-state index contributed by atoms with van der Waals surface area (Å²) in [6.45, 7) is 2.80. The van der Waals surface area contributed by atoms with Gasteiger partial charge in [0.05, 0.1) is 0 Å². The molecular weight excluding hydrogens is 256 g/mol. The predicted octanol–water partition coefficient (Wildman–Crippen LogP) is 2.31. The number of nitrogens with zero attached hydrogens (tertiary/aromatic N) is 2. The summed E-state index contributed by atoms with van der Waals surface area (Å²) in [5.41, 5.74) is 0.383. The van der Waals surface area contributed by atoms with E-state index in [0.29, 0.717) is 5.41 Å². The van der Waals surface area contributed by atoms with Crippen molar-refractivity contribution in [3.63, 3.8) is 0 Å². The summed E-state index contributed by atoms with van der Waals surface area (Å²) >= 11 is 3.59. The molecule has 3 nitrogen and oxygen atoms in total. The largest absolute Gasteiger partial charge is 0.328 e. The highest BCUT2D eigenvalue weighted by Gasteiger charge is 2.39. The standard InChI is InChI=1S/C11H19BrN2O/c1-13-6-3-7-14(10(13)15)9-11(8-12)4-2-5-11/h2-9H2,1H3. The Morgan fingerprint density at radius 1 is 1.33 bits per heavy atom. The van der Waals surface area contributed by atoms with Gasteiger partial charge in [-0.2, -0.15) is 0 Å². The zero-order valence-electron chi connectivity index (χ0n) is 9.34. The molecule has 4 heteroatoms. The van der Waals surface area contributed by atoms with Crippen LogP contribution >= 0.6 is 15.9 Å². The second-order valence-corrected chi connectivity index (χ2v) is 5.53. The number of hydrogen-bond donors (Lipinski definition) is 0. The molecule has 1 saturated heterocycles. The number of alkyl halides is 1. The molecule has 2 aliphatic rings. The number of carbonyl (C=O) groups is 1. The van der Waals surface area contributed by atoms with Crippen molar-refractivity contribution in [1.82, 2.24) is 9.80 Å². The molecule has 1 aliphatic carbocycles. The van der Waals surface area contributed by atoms with Gasteiger partial charge < -0.3 is 9.80 Å². The van der Waals surface area contributed by atoms with Crippen molar-refractivity contribution in [2.24, 2.45) is 5.41 Å². The van der Waals surface area contributed by atoms with Gasteiger partial charge in [0.25, 0.3) is 0 Å². The second kappa shape index (κ2) is 4.32. The van der Waals surface area contributed by atoms with Crippen LogP contribution in [0, 0.1) is 5.41 Å². The van der Waals surface area contributed by atoms with Crippen molar-refractivity contribution in [2.75, 3.05) is 32.0 Å². The van der Waals surface area contributed by atoms with E-state index in [1.165, 1.54) is 19.3 Å². The highest BCUT2D eigenvalue weighted by molar-refractivity contribution is 9.09. The van der Waals surface area contributed by atoms with E-state index >= 15 is 0 Å². The molecule has 15 heavy (non-hydrogen) atoms. The Labute approximate surface area is 99.9 Å². The zero-order chi connectivity index (χ0) is 10.9. The van der Waals surface area contributed by atoms with E-state index in [-0.39, 0.29) is 6.03 Å². The summed E-state index contributed by atoms with van der Waals surface area (Å²) in [4.78, 5) is 15.8. The summed E-state index contributed by atoms with van der Waals surface area (Å²) in [5, 5.41) is 1.04. The normalized spacial score (nSPS) is 25.3.